The molecule has 1 rings (SSSR count). The van der Waals surface area contributed by atoms with Crippen molar-refractivity contribution >= 4 is 5.97 Å². The van der Waals surface area contributed by atoms with Crippen LogP contribution in [0.15, 0.2) is 12.7 Å². The fourth-order valence-corrected chi connectivity index (χ4v) is 2.50. The first-order chi connectivity index (χ1) is 8.14. The van der Waals surface area contributed by atoms with Gasteiger partial charge in [-0.05, 0) is 32.1 Å². The third kappa shape index (κ3) is 3.84. The van der Waals surface area contributed by atoms with Gasteiger partial charge < -0.3 is 4.74 Å². The van der Waals surface area contributed by atoms with E-state index in [1.165, 1.54) is 6.42 Å². The number of carbonyl (C=O) groups is 1. The third-order valence-corrected chi connectivity index (χ3v) is 3.62. The van der Waals surface area contributed by atoms with Crippen molar-refractivity contribution in [3.63, 3.8) is 0 Å². The van der Waals surface area contributed by atoms with Crippen LogP contribution in [0.3, 0.4) is 0 Å². The van der Waals surface area contributed by atoms with Crippen LogP contribution in [0.4, 0.5) is 0 Å². The molecule has 2 unspecified atom stereocenters. The Bertz CT molecular complexity index is 265. The van der Waals surface area contributed by atoms with Gasteiger partial charge in [-0.25, -0.2) is 0 Å². The van der Waals surface area contributed by atoms with Crippen LogP contribution in [0, 0.1) is 5.92 Å². The molecule has 0 bridgehead atoms. The molecule has 0 aromatic rings. The second-order valence-corrected chi connectivity index (χ2v) is 5.01. The first-order valence-corrected chi connectivity index (χ1v) is 6.68. The molecule has 0 radical (unpaired) electrons. The molecule has 1 N–H and O–H groups in total. The zero-order valence-electron chi connectivity index (χ0n) is 11.1. The normalized spacial score (nSPS) is 29.4. The van der Waals surface area contributed by atoms with Gasteiger partial charge in [0.2, 0.25) is 0 Å². The minimum atomic E-state index is -0.477. The van der Waals surface area contributed by atoms with E-state index < -0.39 is 5.54 Å². The quantitative estimate of drug-likeness (QED) is 0.455. The van der Waals surface area contributed by atoms with E-state index in [1.54, 1.807) is 6.08 Å². The first-order valence-electron chi connectivity index (χ1n) is 6.68. The van der Waals surface area contributed by atoms with Crippen LogP contribution in [-0.4, -0.2) is 24.7 Å². The molecule has 2 atom stereocenters. The lowest BCUT2D eigenvalue weighted by Crippen LogP contribution is -2.52. The van der Waals surface area contributed by atoms with Crippen molar-refractivity contribution in [2.45, 2.75) is 51.5 Å². The maximum atomic E-state index is 12.2. The van der Waals surface area contributed by atoms with Gasteiger partial charge in [0, 0.05) is 6.54 Å². The summed E-state index contributed by atoms with van der Waals surface area (Å²) < 4.78 is 5.24. The van der Waals surface area contributed by atoms with Crippen molar-refractivity contribution in [3.8, 4) is 0 Å². The molecule has 0 saturated heterocycles. The summed E-state index contributed by atoms with van der Waals surface area (Å²) in [5, 5.41) is 3.34. The molecule has 0 aromatic carbocycles. The molecule has 0 aromatic heterocycles. The zero-order valence-corrected chi connectivity index (χ0v) is 11.1. The summed E-state index contributed by atoms with van der Waals surface area (Å²) in [6, 6.07) is 0. The minimum Gasteiger partial charge on any atom is -0.465 e. The fraction of sp³-hybridized carbons (Fsp3) is 0.786. The number of ether oxygens (including phenoxy) is 1. The second kappa shape index (κ2) is 6.80. The van der Waals surface area contributed by atoms with Gasteiger partial charge in [-0.15, -0.1) is 6.58 Å². The summed E-state index contributed by atoms with van der Waals surface area (Å²) in [5.41, 5.74) is -0.477. The summed E-state index contributed by atoms with van der Waals surface area (Å²) in [6.45, 7) is 8.93. The first kappa shape index (κ1) is 14.2. The average Bonchev–Trinajstić information content (AvgIpc) is 2.50. The van der Waals surface area contributed by atoms with Gasteiger partial charge in [0.05, 0.1) is 6.61 Å². The van der Waals surface area contributed by atoms with Gasteiger partial charge in [-0.2, -0.15) is 0 Å². The Labute approximate surface area is 105 Å². The molecule has 0 spiro atoms. The van der Waals surface area contributed by atoms with E-state index in [9.17, 15) is 4.79 Å². The zero-order chi connectivity index (χ0) is 12.7. The van der Waals surface area contributed by atoms with E-state index in [0.29, 0.717) is 19.1 Å². The summed E-state index contributed by atoms with van der Waals surface area (Å²) in [6.07, 6.45) is 6.93. The van der Waals surface area contributed by atoms with Crippen molar-refractivity contribution in [1.82, 2.24) is 5.32 Å². The molecule has 0 aliphatic heterocycles. The van der Waals surface area contributed by atoms with Crippen LogP contribution in [0.1, 0.15) is 46.0 Å². The lowest BCUT2D eigenvalue weighted by molar-refractivity contribution is -0.151. The van der Waals surface area contributed by atoms with Crippen molar-refractivity contribution < 1.29 is 9.53 Å². The molecule has 17 heavy (non-hydrogen) atoms. The number of esters is 1. The van der Waals surface area contributed by atoms with Crippen LogP contribution in [0.2, 0.25) is 0 Å². The van der Waals surface area contributed by atoms with Gasteiger partial charge in [0.15, 0.2) is 0 Å². The van der Waals surface area contributed by atoms with E-state index in [-0.39, 0.29) is 5.97 Å². The van der Waals surface area contributed by atoms with Crippen LogP contribution >= 0.6 is 0 Å². The molecule has 1 saturated carbocycles. The number of carbonyl (C=O) groups excluding carboxylic acids is 1. The molecule has 1 aliphatic rings. The Hall–Kier alpha value is -0.830. The van der Waals surface area contributed by atoms with Crippen molar-refractivity contribution in [2.24, 2.45) is 5.92 Å². The Morgan fingerprint density at radius 2 is 2.29 bits per heavy atom. The molecular formula is C14H25NO2. The Morgan fingerprint density at radius 1 is 1.53 bits per heavy atom. The second-order valence-electron chi connectivity index (χ2n) is 5.01. The Balaban J connectivity index is 2.75. The van der Waals surface area contributed by atoms with E-state index in [4.69, 9.17) is 4.74 Å². The van der Waals surface area contributed by atoms with Gasteiger partial charge in [0.25, 0.3) is 0 Å². The molecule has 1 aliphatic carbocycles. The topological polar surface area (TPSA) is 38.3 Å². The summed E-state index contributed by atoms with van der Waals surface area (Å²) in [7, 11) is 0. The van der Waals surface area contributed by atoms with E-state index in [0.717, 1.165) is 25.7 Å². The lowest BCUT2D eigenvalue weighted by atomic mass is 9.89. The molecule has 1 fully saturated rings. The highest BCUT2D eigenvalue weighted by Gasteiger charge is 2.40. The highest BCUT2D eigenvalue weighted by atomic mass is 16.5. The highest BCUT2D eigenvalue weighted by molar-refractivity contribution is 5.81. The van der Waals surface area contributed by atoms with Crippen LogP contribution in [0.5, 0.6) is 0 Å². The molecule has 3 heteroatoms. The number of rotatable bonds is 5. The van der Waals surface area contributed by atoms with Gasteiger partial charge in [0.1, 0.15) is 5.54 Å². The van der Waals surface area contributed by atoms with Crippen LogP contribution < -0.4 is 5.32 Å². The molecule has 3 nitrogen and oxygen atoms in total. The largest absolute Gasteiger partial charge is 0.465 e. The lowest BCUT2D eigenvalue weighted by Gasteiger charge is -2.31. The molecule has 0 amide bonds. The predicted octanol–water partition coefficient (Wildman–Crippen LogP) is 2.66. The maximum Gasteiger partial charge on any atom is 0.326 e. The van der Waals surface area contributed by atoms with E-state index in [1.807, 2.05) is 6.92 Å². The fourth-order valence-electron chi connectivity index (χ4n) is 2.50. The summed E-state index contributed by atoms with van der Waals surface area (Å²) >= 11 is 0. The van der Waals surface area contributed by atoms with Crippen molar-refractivity contribution in [2.75, 3.05) is 13.2 Å². The average molecular weight is 239 g/mol. The molecule has 0 heterocycles. The number of nitrogens with one attached hydrogen (secondary N) is 1. The van der Waals surface area contributed by atoms with E-state index in [2.05, 4.69) is 18.8 Å². The summed E-state index contributed by atoms with van der Waals surface area (Å²) in [5.74, 6) is 0.618. The van der Waals surface area contributed by atoms with Crippen LogP contribution in [-0.2, 0) is 9.53 Å². The predicted molar refractivity (Wildman–Crippen MR) is 69.8 cm³/mol. The van der Waals surface area contributed by atoms with Crippen LogP contribution in [0.25, 0.3) is 0 Å². The highest BCUT2D eigenvalue weighted by Crippen LogP contribution is 2.31. The monoisotopic (exact) mass is 239 g/mol. The van der Waals surface area contributed by atoms with Gasteiger partial charge >= 0.3 is 5.97 Å². The number of hydrogen-bond donors (Lipinski definition) is 1. The van der Waals surface area contributed by atoms with Crippen molar-refractivity contribution in [1.29, 1.82) is 0 Å². The minimum absolute atomic E-state index is 0.0871. The van der Waals surface area contributed by atoms with Gasteiger partial charge in [-0.1, -0.05) is 25.8 Å². The molecular weight excluding hydrogens is 214 g/mol. The molecule has 98 valence electrons. The SMILES string of the molecule is C=CCNC1(C(=O)OCC)CCCC(C)CC1. The summed E-state index contributed by atoms with van der Waals surface area (Å²) in [4.78, 5) is 12.2. The van der Waals surface area contributed by atoms with Gasteiger partial charge in [-0.3, -0.25) is 10.1 Å². The smallest absolute Gasteiger partial charge is 0.326 e. The Morgan fingerprint density at radius 3 is 2.94 bits per heavy atom. The standard InChI is InChI=1S/C14H25NO2/c1-4-11-15-14(13(16)17-5-2)9-6-7-12(3)8-10-14/h4,12,15H,1,5-11H2,2-3H3. The van der Waals surface area contributed by atoms with E-state index >= 15 is 0 Å². The number of hydrogen-bond acceptors (Lipinski definition) is 3. The Kier molecular flexibility index (Phi) is 5.69. The maximum absolute atomic E-state index is 12.2. The van der Waals surface area contributed by atoms with Crippen molar-refractivity contribution in [3.05, 3.63) is 12.7 Å². The third-order valence-electron chi connectivity index (χ3n) is 3.62.